The number of benzene rings is 2. The number of aryl methyl sites for hydroxylation is 2. The maximum atomic E-state index is 12.3. The zero-order chi connectivity index (χ0) is 14.7. The van der Waals surface area contributed by atoms with Crippen LogP contribution < -0.4 is 11.1 Å². The SMILES string of the molecule is Cc1ccc(C)c(C(=O)Nc2cccc(C(C)N)c2)c1. The van der Waals surface area contributed by atoms with Crippen LogP contribution in [0.2, 0.25) is 0 Å². The number of carbonyl (C=O) groups excluding carboxylic acids is 1. The van der Waals surface area contributed by atoms with Crippen molar-refractivity contribution >= 4 is 11.6 Å². The Morgan fingerprint density at radius 3 is 2.60 bits per heavy atom. The molecule has 2 aromatic rings. The maximum absolute atomic E-state index is 12.3. The van der Waals surface area contributed by atoms with Gasteiger partial charge in [-0.3, -0.25) is 4.79 Å². The van der Waals surface area contributed by atoms with Crippen LogP contribution in [0.15, 0.2) is 42.5 Å². The Hall–Kier alpha value is -2.13. The lowest BCUT2D eigenvalue weighted by Gasteiger charge is -2.11. The van der Waals surface area contributed by atoms with Crippen LogP contribution in [0.4, 0.5) is 5.69 Å². The van der Waals surface area contributed by atoms with Gasteiger partial charge >= 0.3 is 0 Å². The van der Waals surface area contributed by atoms with Crippen molar-refractivity contribution in [2.24, 2.45) is 5.73 Å². The molecule has 3 N–H and O–H groups in total. The smallest absolute Gasteiger partial charge is 0.255 e. The molecule has 20 heavy (non-hydrogen) atoms. The molecule has 0 radical (unpaired) electrons. The van der Waals surface area contributed by atoms with Crippen LogP contribution in [0.3, 0.4) is 0 Å². The fraction of sp³-hybridized carbons (Fsp3) is 0.235. The van der Waals surface area contributed by atoms with Crippen molar-refractivity contribution < 1.29 is 4.79 Å². The first-order valence-corrected chi connectivity index (χ1v) is 6.71. The van der Waals surface area contributed by atoms with Gasteiger partial charge in [0.15, 0.2) is 0 Å². The first kappa shape index (κ1) is 14.3. The van der Waals surface area contributed by atoms with Gasteiger partial charge in [0.25, 0.3) is 5.91 Å². The second-order valence-corrected chi connectivity index (χ2v) is 5.19. The lowest BCUT2D eigenvalue weighted by Crippen LogP contribution is -2.14. The molecule has 1 atom stereocenters. The zero-order valence-electron chi connectivity index (χ0n) is 12.1. The van der Waals surface area contributed by atoms with Gasteiger partial charge in [-0.15, -0.1) is 0 Å². The highest BCUT2D eigenvalue weighted by atomic mass is 16.1. The molecule has 104 valence electrons. The summed E-state index contributed by atoms with van der Waals surface area (Å²) in [7, 11) is 0. The highest BCUT2D eigenvalue weighted by Crippen LogP contribution is 2.18. The van der Waals surface area contributed by atoms with Crippen molar-refractivity contribution in [2.75, 3.05) is 5.32 Å². The summed E-state index contributed by atoms with van der Waals surface area (Å²) in [6.07, 6.45) is 0. The van der Waals surface area contributed by atoms with E-state index in [1.54, 1.807) is 0 Å². The molecule has 2 aromatic carbocycles. The summed E-state index contributed by atoms with van der Waals surface area (Å²) < 4.78 is 0. The minimum atomic E-state index is -0.0898. The molecule has 1 unspecified atom stereocenters. The molecular formula is C17H20N2O. The van der Waals surface area contributed by atoms with Crippen LogP contribution in [-0.4, -0.2) is 5.91 Å². The quantitative estimate of drug-likeness (QED) is 0.894. The van der Waals surface area contributed by atoms with E-state index in [9.17, 15) is 4.79 Å². The summed E-state index contributed by atoms with van der Waals surface area (Å²) >= 11 is 0. The number of nitrogens with one attached hydrogen (secondary N) is 1. The minimum Gasteiger partial charge on any atom is -0.324 e. The van der Waals surface area contributed by atoms with Gasteiger partial charge in [0, 0.05) is 17.3 Å². The number of anilines is 1. The molecule has 2 rings (SSSR count). The van der Waals surface area contributed by atoms with Gasteiger partial charge in [0.1, 0.15) is 0 Å². The fourth-order valence-electron chi connectivity index (χ4n) is 2.08. The van der Waals surface area contributed by atoms with Gasteiger partial charge in [-0.1, -0.05) is 29.8 Å². The molecule has 1 amide bonds. The average Bonchev–Trinajstić information content (AvgIpc) is 2.41. The van der Waals surface area contributed by atoms with Gasteiger partial charge in [0.2, 0.25) is 0 Å². The molecule has 0 aliphatic heterocycles. The Labute approximate surface area is 119 Å². The highest BCUT2D eigenvalue weighted by molar-refractivity contribution is 6.05. The fourth-order valence-corrected chi connectivity index (χ4v) is 2.08. The molecule has 0 fully saturated rings. The van der Waals surface area contributed by atoms with E-state index in [1.165, 1.54) is 0 Å². The Morgan fingerprint density at radius 1 is 1.15 bits per heavy atom. The van der Waals surface area contributed by atoms with Gasteiger partial charge in [-0.2, -0.15) is 0 Å². The monoisotopic (exact) mass is 268 g/mol. The van der Waals surface area contributed by atoms with E-state index in [2.05, 4.69) is 5.32 Å². The van der Waals surface area contributed by atoms with Crippen LogP contribution >= 0.6 is 0 Å². The second-order valence-electron chi connectivity index (χ2n) is 5.19. The Morgan fingerprint density at radius 2 is 1.90 bits per heavy atom. The predicted molar refractivity (Wildman–Crippen MR) is 82.9 cm³/mol. The third-order valence-corrected chi connectivity index (χ3v) is 3.31. The summed E-state index contributed by atoms with van der Waals surface area (Å²) in [6.45, 7) is 5.84. The van der Waals surface area contributed by atoms with Crippen molar-refractivity contribution in [2.45, 2.75) is 26.8 Å². The van der Waals surface area contributed by atoms with Gasteiger partial charge < -0.3 is 11.1 Å². The molecule has 0 spiro atoms. The predicted octanol–water partition coefficient (Wildman–Crippen LogP) is 3.58. The van der Waals surface area contributed by atoms with Crippen LogP contribution in [0.5, 0.6) is 0 Å². The third kappa shape index (κ3) is 3.25. The van der Waals surface area contributed by atoms with E-state index < -0.39 is 0 Å². The Bertz CT molecular complexity index is 633. The lowest BCUT2D eigenvalue weighted by molar-refractivity contribution is 0.102. The molecule has 0 aliphatic rings. The molecule has 0 saturated heterocycles. The third-order valence-electron chi connectivity index (χ3n) is 3.31. The standard InChI is InChI=1S/C17H20N2O/c1-11-7-8-12(2)16(9-11)17(20)19-15-6-4-5-14(10-15)13(3)18/h4-10,13H,18H2,1-3H3,(H,19,20). The van der Waals surface area contributed by atoms with Gasteiger partial charge in [0.05, 0.1) is 0 Å². The molecule has 3 heteroatoms. The molecule has 0 aromatic heterocycles. The van der Waals surface area contributed by atoms with E-state index in [1.807, 2.05) is 63.2 Å². The van der Waals surface area contributed by atoms with E-state index in [-0.39, 0.29) is 11.9 Å². The Balaban J connectivity index is 2.23. The zero-order valence-corrected chi connectivity index (χ0v) is 12.1. The number of carbonyl (C=O) groups is 1. The number of nitrogens with two attached hydrogens (primary N) is 1. The van der Waals surface area contributed by atoms with Crippen LogP contribution in [0, 0.1) is 13.8 Å². The lowest BCUT2D eigenvalue weighted by atomic mass is 10.0. The average molecular weight is 268 g/mol. The van der Waals surface area contributed by atoms with Crippen LogP contribution in [0.1, 0.15) is 40.0 Å². The first-order chi connectivity index (χ1) is 9.47. The van der Waals surface area contributed by atoms with E-state index in [0.29, 0.717) is 5.56 Å². The molecule has 0 saturated carbocycles. The number of rotatable bonds is 3. The van der Waals surface area contributed by atoms with E-state index in [0.717, 1.165) is 22.4 Å². The van der Waals surface area contributed by atoms with Crippen LogP contribution in [-0.2, 0) is 0 Å². The molecule has 0 bridgehead atoms. The molecule has 0 aliphatic carbocycles. The van der Waals surface area contributed by atoms with Gasteiger partial charge in [-0.05, 0) is 50.1 Å². The maximum Gasteiger partial charge on any atom is 0.255 e. The molecule has 0 heterocycles. The summed E-state index contributed by atoms with van der Waals surface area (Å²) in [4.78, 5) is 12.3. The number of amides is 1. The van der Waals surface area contributed by atoms with Crippen molar-refractivity contribution in [1.29, 1.82) is 0 Å². The van der Waals surface area contributed by atoms with Crippen molar-refractivity contribution in [3.05, 3.63) is 64.7 Å². The van der Waals surface area contributed by atoms with Gasteiger partial charge in [-0.25, -0.2) is 0 Å². The van der Waals surface area contributed by atoms with E-state index >= 15 is 0 Å². The van der Waals surface area contributed by atoms with Crippen molar-refractivity contribution in [1.82, 2.24) is 0 Å². The summed E-state index contributed by atoms with van der Waals surface area (Å²) in [5.41, 5.74) is 10.4. The first-order valence-electron chi connectivity index (χ1n) is 6.71. The second kappa shape index (κ2) is 5.88. The molecule has 3 nitrogen and oxygen atoms in total. The summed E-state index contributed by atoms with van der Waals surface area (Å²) in [6, 6.07) is 13.5. The van der Waals surface area contributed by atoms with E-state index in [4.69, 9.17) is 5.73 Å². The Kier molecular flexibility index (Phi) is 4.20. The largest absolute Gasteiger partial charge is 0.324 e. The summed E-state index contributed by atoms with van der Waals surface area (Å²) in [5, 5.41) is 2.93. The minimum absolute atomic E-state index is 0.0486. The summed E-state index contributed by atoms with van der Waals surface area (Å²) in [5.74, 6) is -0.0898. The molecular weight excluding hydrogens is 248 g/mol. The normalized spacial score (nSPS) is 12.0. The highest BCUT2D eigenvalue weighted by Gasteiger charge is 2.10. The van der Waals surface area contributed by atoms with Crippen LogP contribution in [0.25, 0.3) is 0 Å². The van der Waals surface area contributed by atoms with Crippen molar-refractivity contribution in [3.63, 3.8) is 0 Å². The topological polar surface area (TPSA) is 55.1 Å². The number of hydrogen-bond donors (Lipinski definition) is 2. The van der Waals surface area contributed by atoms with Crippen molar-refractivity contribution in [3.8, 4) is 0 Å². The number of hydrogen-bond acceptors (Lipinski definition) is 2.